The van der Waals surface area contributed by atoms with E-state index in [9.17, 15) is 4.79 Å². The number of hydrogen-bond donors (Lipinski definition) is 0. The highest BCUT2D eigenvalue weighted by molar-refractivity contribution is 5.81. The third kappa shape index (κ3) is 2.33. The maximum atomic E-state index is 12.3. The molecule has 1 amide bonds. The fraction of sp³-hybridized carbons (Fsp3) is 0.438. The summed E-state index contributed by atoms with van der Waals surface area (Å²) in [6.07, 6.45) is 1.70. The molecule has 0 radical (unpaired) electrons. The van der Waals surface area contributed by atoms with Gasteiger partial charge in [0, 0.05) is 13.5 Å². The van der Waals surface area contributed by atoms with Crippen molar-refractivity contribution in [2.75, 3.05) is 7.05 Å². The topological polar surface area (TPSA) is 51.0 Å². The van der Waals surface area contributed by atoms with Gasteiger partial charge in [-0.05, 0) is 25.8 Å². The van der Waals surface area contributed by atoms with E-state index in [1.807, 2.05) is 43.7 Å². The molecule has 0 N–H and O–H groups in total. The third-order valence-electron chi connectivity index (χ3n) is 4.32. The minimum absolute atomic E-state index is 0.0216. The number of fused-ring (bicyclic) bond motifs is 1. The van der Waals surface area contributed by atoms with Gasteiger partial charge in [0.25, 0.3) is 0 Å². The number of likely N-dealkylation sites (N-methyl/N-ethyl adjacent to an activating group) is 1. The van der Waals surface area contributed by atoms with Gasteiger partial charge in [0.1, 0.15) is 11.9 Å². The van der Waals surface area contributed by atoms with Crippen LogP contribution in [0.25, 0.3) is 0 Å². The molecule has 1 aliphatic rings. The molecule has 3 rings (SSSR count). The van der Waals surface area contributed by atoms with E-state index < -0.39 is 0 Å². The molecule has 21 heavy (non-hydrogen) atoms. The number of hydrogen-bond acceptors (Lipinski definition) is 3. The molecule has 0 bridgehead atoms. The van der Waals surface area contributed by atoms with E-state index in [0.29, 0.717) is 0 Å². The van der Waals surface area contributed by atoms with Gasteiger partial charge in [-0.2, -0.15) is 0 Å². The number of aromatic nitrogens is 3. The first-order chi connectivity index (χ1) is 10.1. The zero-order valence-corrected chi connectivity index (χ0v) is 12.7. The molecule has 2 heterocycles. The van der Waals surface area contributed by atoms with Gasteiger partial charge in [-0.1, -0.05) is 30.3 Å². The summed E-state index contributed by atoms with van der Waals surface area (Å²) in [5.41, 5.74) is 1.27. The van der Waals surface area contributed by atoms with E-state index in [0.717, 1.165) is 24.5 Å². The number of amides is 1. The van der Waals surface area contributed by atoms with Gasteiger partial charge in [0.15, 0.2) is 5.82 Å². The molecule has 1 aromatic carbocycles. The van der Waals surface area contributed by atoms with Crippen molar-refractivity contribution in [1.82, 2.24) is 19.7 Å². The van der Waals surface area contributed by atoms with Crippen LogP contribution in [0, 0.1) is 0 Å². The van der Waals surface area contributed by atoms with E-state index in [2.05, 4.69) is 22.3 Å². The number of carbonyl (C=O) groups is 1. The van der Waals surface area contributed by atoms with Crippen LogP contribution >= 0.6 is 0 Å². The van der Waals surface area contributed by atoms with E-state index in [-0.39, 0.29) is 18.0 Å². The Morgan fingerprint density at radius 1 is 1.05 bits per heavy atom. The van der Waals surface area contributed by atoms with Crippen molar-refractivity contribution in [3.63, 3.8) is 0 Å². The smallest absolute Gasteiger partial charge is 0.245 e. The molecule has 5 nitrogen and oxygen atoms in total. The Morgan fingerprint density at radius 2 is 1.76 bits per heavy atom. The molecular formula is C16H20N4O. The lowest BCUT2D eigenvalue weighted by molar-refractivity contribution is -0.137. The molecular weight excluding hydrogens is 264 g/mol. The third-order valence-corrected chi connectivity index (χ3v) is 4.32. The van der Waals surface area contributed by atoms with Crippen molar-refractivity contribution in [2.24, 2.45) is 0 Å². The lowest BCUT2D eigenvalue weighted by Crippen LogP contribution is -2.42. The molecule has 1 aliphatic heterocycles. The average Bonchev–Trinajstić information content (AvgIpc) is 2.94. The predicted octanol–water partition coefficient (Wildman–Crippen LogP) is 2.16. The predicted molar refractivity (Wildman–Crippen MR) is 79.8 cm³/mol. The Kier molecular flexibility index (Phi) is 3.49. The van der Waals surface area contributed by atoms with Crippen LogP contribution in [0.4, 0.5) is 0 Å². The van der Waals surface area contributed by atoms with Crippen LogP contribution < -0.4 is 0 Å². The minimum atomic E-state index is -0.220. The zero-order valence-electron chi connectivity index (χ0n) is 12.7. The Morgan fingerprint density at radius 3 is 2.48 bits per heavy atom. The van der Waals surface area contributed by atoms with Gasteiger partial charge in [-0.3, -0.25) is 4.79 Å². The summed E-state index contributed by atoms with van der Waals surface area (Å²) in [6.45, 7) is 3.91. The van der Waals surface area contributed by atoms with Crippen LogP contribution in [0.5, 0.6) is 0 Å². The second kappa shape index (κ2) is 5.31. The normalized spacial score (nSPS) is 21.5. The summed E-state index contributed by atoms with van der Waals surface area (Å²) in [5.74, 6) is 1.90. The van der Waals surface area contributed by atoms with Crippen LogP contribution in [-0.2, 0) is 17.6 Å². The van der Waals surface area contributed by atoms with Crippen LogP contribution in [0.2, 0.25) is 0 Å². The summed E-state index contributed by atoms with van der Waals surface area (Å²) in [5, 5.41) is 8.62. The number of carbonyl (C=O) groups excluding carboxylic acids is 1. The monoisotopic (exact) mass is 284 g/mol. The zero-order chi connectivity index (χ0) is 15.0. The van der Waals surface area contributed by atoms with Crippen LogP contribution in [0.15, 0.2) is 30.3 Å². The molecule has 0 unspecified atom stereocenters. The number of nitrogens with zero attached hydrogens (tertiary/aromatic N) is 4. The standard InChI is InChI=1S/C16H20N4O/c1-11-15-18-17-14(10-9-13-7-5-4-6-8-13)20(15)12(2)16(21)19(11)3/h4-8,11-12H,9-10H2,1-3H3/t11-,12-/m0/s1. The van der Waals surface area contributed by atoms with Gasteiger partial charge < -0.3 is 9.47 Å². The van der Waals surface area contributed by atoms with Crippen LogP contribution in [-0.4, -0.2) is 32.6 Å². The van der Waals surface area contributed by atoms with Gasteiger partial charge in [0.05, 0.1) is 6.04 Å². The maximum absolute atomic E-state index is 12.3. The van der Waals surface area contributed by atoms with Crippen molar-refractivity contribution in [1.29, 1.82) is 0 Å². The Balaban J connectivity index is 1.86. The average molecular weight is 284 g/mol. The van der Waals surface area contributed by atoms with Crippen molar-refractivity contribution >= 4 is 5.91 Å². The Bertz CT molecular complexity index is 650. The van der Waals surface area contributed by atoms with Gasteiger partial charge >= 0.3 is 0 Å². The molecule has 0 fully saturated rings. The molecule has 2 atom stereocenters. The van der Waals surface area contributed by atoms with E-state index in [1.54, 1.807) is 4.90 Å². The highest BCUT2D eigenvalue weighted by Crippen LogP contribution is 2.29. The first kappa shape index (κ1) is 13.8. The fourth-order valence-electron chi connectivity index (χ4n) is 2.88. The lowest BCUT2D eigenvalue weighted by atomic mass is 10.1. The highest BCUT2D eigenvalue weighted by Gasteiger charge is 2.35. The summed E-state index contributed by atoms with van der Waals surface area (Å²) in [7, 11) is 1.82. The van der Waals surface area contributed by atoms with Crippen molar-refractivity contribution in [3.05, 3.63) is 47.5 Å². The summed E-state index contributed by atoms with van der Waals surface area (Å²) < 4.78 is 2.01. The summed E-state index contributed by atoms with van der Waals surface area (Å²) >= 11 is 0. The molecule has 1 aromatic heterocycles. The van der Waals surface area contributed by atoms with Crippen LogP contribution in [0.3, 0.4) is 0 Å². The minimum Gasteiger partial charge on any atom is -0.334 e. The van der Waals surface area contributed by atoms with Gasteiger partial charge in [-0.15, -0.1) is 10.2 Å². The maximum Gasteiger partial charge on any atom is 0.245 e. The van der Waals surface area contributed by atoms with Crippen molar-refractivity contribution in [2.45, 2.75) is 38.8 Å². The van der Waals surface area contributed by atoms with Crippen molar-refractivity contribution < 1.29 is 4.79 Å². The molecule has 0 saturated carbocycles. The van der Waals surface area contributed by atoms with Crippen molar-refractivity contribution in [3.8, 4) is 0 Å². The molecule has 0 spiro atoms. The SMILES string of the molecule is C[C@H]1c2nnc(CCc3ccccc3)n2[C@@H](C)C(=O)N1C. The van der Waals surface area contributed by atoms with E-state index in [1.165, 1.54) is 5.56 Å². The Hall–Kier alpha value is -2.17. The summed E-state index contributed by atoms with van der Waals surface area (Å²) in [4.78, 5) is 14.0. The summed E-state index contributed by atoms with van der Waals surface area (Å²) in [6, 6.07) is 10.1. The molecule has 2 aromatic rings. The highest BCUT2D eigenvalue weighted by atomic mass is 16.2. The number of rotatable bonds is 3. The van der Waals surface area contributed by atoms with Gasteiger partial charge in [-0.25, -0.2) is 0 Å². The quantitative estimate of drug-likeness (QED) is 0.868. The first-order valence-corrected chi connectivity index (χ1v) is 7.34. The Labute approximate surface area is 124 Å². The molecule has 5 heteroatoms. The van der Waals surface area contributed by atoms with E-state index in [4.69, 9.17) is 0 Å². The second-order valence-corrected chi connectivity index (χ2v) is 5.63. The second-order valence-electron chi connectivity index (χ2n) is 5.63. The lowest BCUT2D eigenvalue weighted by Gasteiger charge is -2.34. The largest absolute Gasteiger partial charge is 0.334 e. The van der Waals surface area contributed by atoms with Crippen LogP contribution in [0.1, 0.15) is 43.1 Å². The first-order valence-electron chi connectivity index (χ1n) is 7.34. The van der Waals surface area contributed by atoms with E-state index >= 15 is 0 Å². The molecule has 110 valence electrons. The number of benzene rings is 1. The molecule has 0 saturated heterocycles. The number of aryl methyl sites for hydroxylation is 2. The molecule has 0 aliphatic carbocycles. The fourth-order valence-corrected chi connectivity index (χ4v) is 2.88. The van der Waals surface area contributed by atoms with Gasteiger partial charge in [0.2, 0.25) is 5.91 Å².